The topological polar surface area (TPSA) is 52.6 Å². The first-order chi connectivity index (χ1) is 9.94. The second-order valence-electron chi connectivity index (χ2n) is 7.37. The lowest BCUT2D eigenvalue weighted by atomic mass is 9.77. The van der Waals surface area contributed by atoms with Crippen LogP contribution in [0.2, 0.25) is 0 Å². The van der Waals surface area contributed by atoms with Gasteiger partial charge in [0.2, 0.25) is 0 Å². The van der Waals surface area contributed by atoms with Crippen molar-refractivity contribution in [3.8, 4) is 0 Å². The molecule has 2 aliphatic rings. The number of carboxylic acid groups (broad SMARTS) is 1. The van der Waals surface area contributed by atoms with Crippen LogP contribution in [0.15, 0.2) is 0 Å². The normalized spacial score (nSPS) is 35.6. The molecule has 2 N–H and O–H groups in total. The zero-order valence-corrected chi connectivity index (χ0v) is 13.9. The van der Waals surface area contributed by atoms with Crippen molar-refractivity contribution in [2.24, 2.45) is 0 Å². The summed E-state index contributed by atoms with van der Waals surface area (Å²) in [5, 5.41) is 13.2. The van der Waals surface area contributed by atoms with Crippen molar-refractivity contribution in [3.63, 3.8) is 0 Å². The van der Waals surface area contributed by atoms with Gasteiger partial charge < -0.3 is 5.11 Å². The lowest BCUT2D eigenvalue weighted by Crippen LogP contribution is -2.60. The molecular weight excluding hydrogens is 264 g/mol. The maximum absolute atomic E-state index is 11.9. The fourth-order valence-electron chi connectivity index (χ4n) is 4.31. The minimum atomic E-state index is -0.719. The molecule has 21 heavy (non-hydrogen) atoms. The predicted molar refractivity (Wildman–Crippen MR) is 85.5 cm³/mol. The highest BCUT2D eigenvalue weighted by Crippen LogP contribution is 2.34. The van der Waals surface area contributed by atoms with Gasteiger partial charge in [-0.15, -0.1) is 0 Å². The van der Waals surface area contributed by atoms with E-state index in [1.165, 1.54) is 25.7 Å². The number of nitrogens with zero attached hydrogens (tertiary/aromatic N) is 1. The van der Waals surface area contributed by atoms with Gasteiger partial charge in [-0.3, -0.25) is 15.0 Å². The molecule has 3 unspecified atom stereocenters. The molecule has 0 aromatic heterocycles. The van der Waals surface area contributed by atoms with Gasteiger partial charge in [-0.25, -0.2) is 0 Å². The smallest absolute Gasteiger partial charge is 0.323 e. The molecule has 0 radical (unpaired) electrons. The molecule has 2 rings (SSSR count). The first-order valence-electron chi connectivity index (χ1n) is 8.71. The molecule has 1 saturated carbocycles. The Morgan fingerprint density at radius 2 is 2.00 bits per heavy atom. The zero-order valence-electron chi connectivity index (χ0n) is 13.9. The summed E-state index contributed by atoms with van der Waals surface area (Å²) >= 11 is 0. The Labute approximate surface area is 129 Å². The highest BCUT2D eigenvalue weighted by molar-refractivity contribution is 5.79. The van der Waals surface area contributed by atoms with Crippen LogP contribution in [-0.4, -0.2) is 46.2 Å². The van der Waals surface area contributed by atoms with E-state index in [1.54, 1.807) is 0 Å². The molecule has 1 aliphatic carbocycles. The number of rotatable bonds is 4. The molecule has 1 aliphatic heterocycles. The Bertz CT molecular complexity index is 359. The van der Waals surface area contributed by atoms with Gasteiger partial charge in [0, 0.05) is 18.1 Å². The Morgan fingerprint density at radius 3 is 2.67 bits per heavy atom. The first-order valence-corrected chi connectivity index (χ1v) is 8.71. The average Bonchev–Trinajstić information content (AvgIpc) is 2.62. The van der Waals surface area contributed by atoms with Crippen molar-refractivity contribution in [2.45, 2.75) is 95.8 Å². The number of hydrogen-bond donors (Lipinski definition) is 2. The summed E-state index contributed by atoms with van der Waals surface area (Å²) in [4.78, 5) is 14.5. The van der Waals surface area contributed by atoms with Crippen molar-refractivity contribution in [2.75, 3.05) is 6.54 Å². The summed E-state index contributed by atoms with van der Waals surface area (Å²) in [7, 11) is 0. The van der Waals surface area contributed by atoms with Crippen LogP contribution < -0.4 is 5.32 Å². The van der Waals surface area contributed by atoms with Crippen LogP contribution in [0.4, 0.5) is 0 Å². The lowest BCUT2D eigenvalue weighted by molar-refractivity contribution is -0.148. The van der Waals surface area contributed by atoms with E-state index in [0.29, 0.717) is 12.1 Å². The van der Waals surface area contributed by atoms with Gasteiger partial charge in [0.05, 0.1) is 0 Å². The van der Waals surface area contributed by atoms with E-state index >= 15 is 0 Å². The van der Waals surface area contributed by atoms with Crippen molar-refractivity contribution in [1.29, 1.82) is 0 Å². The molecule has 0 bridgehead atoms. The second kappa shape index (κ2) is 7.10. The van der Waals surface area contributed by atoms with Crippen molar-refractivity contribution in [1.82, 2.24) is 10.2 Å². The predicted octanol–water partition coefficient (Wildman–Crippen LogP) is 3.01. The molecule has 0 spiro atoms. The Hall–Kier alpha value is -0.610. The van der Waals surface area contributed by atoms with Crippen LogP contribution in [0.3, 0.4) is 0 Å². The number of nitrogens with one attached hydrogen (secondary N) is 1. The van der Waals surface area contributed by atoms with E-state index in [1.807, 2.05) is 13.8 Å². The summed E-state index contributed by atoms with van der Waals surface area (Å²) in [5.41, 5.74) is -0.719. The highest BCUT2D eigenvalue weighted by Gasteiger charge is 2.45. The molecule has 122 valence electrons. The van der Waals surface area contributed by atoms with E-state index in [0.717, 1.165) is 32.2 Å². The standard InChI is InChI=1S/C17H32N2O2/c1-13(2)18-17(16(20)21)10-7-9-15(12-17)19-11-6-4-5-8-14(19)3/h13-15,18H,4-12H2,1-3H3,(H,20,21). The molecule has 1 saturated heterocycles. The molecule has 4 heteroatoms. The van der Waals surface area contributed by atoms with Crippen LogP contribution in [-0.2, 0) is 4.79 Å². The quantitative estimate of drug-likeness (QED) is 0.837. The number of carboxylic acids is 1. The van der Waals surface area contributed by atoms with Gasteiger partial charge in [-0.1, -0.05) is 12.8 Å². The van der Waals surface area contributed by atoms with E-state index in [2.05, 4.69) is 17.1 Å². The third kappa shape index (κ3) is 3.98. The summed E-state index contributed by atoms with van der Waals surface area (Å²) < 4.78 is 0. The van der Waals surface area contributed by atoms with Crippen LogP contribution in [0, 0.1) is 0 Å². The summed E-state index contributed by atoms with van der Waals surface area (Å²) in [6, 6.07) is 1.23. The van der Waals surface area contributed by atoms with Gasteiger partial charge >= 0.3 is 5.97 Å². The Kier molecular flexibility index (Phi) is 5.67. The van der Waals surface area contributed by atoms with Crippen LogP contribution in [0.5, 0.6) is 0 Å². The monoisotopic (exact) mass is 296 g/mol. The minimum absolute atomic E-state index is 0.210. The third-order valence-electron chi connectivity index (χ3n) is 5.27. The van der Waals surface area contributed by atoms with Crippen molar-refractivity contribution in [3.05, 3.63) is 0 Å². The molecule has 0 aromatic rings. The van der Waals surface area contributed by atoms with Crippen molar-refractivity contribution >= 4 is 5.97 Å². The Morgan fingerprint density at radius 1 is 1.24 bits per heavy atom. The van der Waals surface area contributed by atoms with Gasteiger partial charge in [0.15, 0.2) is 0 Å². The first kappa shape index (κ1) is 16.8. The molecule has 0 amide bonds. The molecular formula is C17H32N2O2. The summed E-state index contributed by atoms with van der Waals surface area (Å²) in [6.45, 7) is 7.55. The minimum Gasteiger partial charge on any atom is -0.480 e. The Balaban J connectivity index is 2.12. The lowest BCUT2D eigenvalue weighted by Gasteiger charge is -2.45. The molecule has 3 atom stereocenters. The number of aliphatic carboxylic acids is 1. The van der Waals surface area contributed by atoms with Gasteiger partial charge in [-0.05, 0) is 65.8 Å². The number of carbonyl (C=O) groups is 1. The average molecular weight is 296 g/mol. The summed E-state index contributed by atoms with van der Waals surface area (Å²) in [5.74, 6) is -0.664. The highest BCUT2D eigenvalue weighted by atomic mass is 16.4. The van der Waals surface area contributed by atoms with E-state index in [9.17, 15) is 9.90 Å². The van der Waals surface area contributed by atoms with Crippen LogP contribution in [0.1, 0.15) is 72.1 Å². The zero-order chi connectivity index (χ0) is 15.5. The van der Waals surface area contributed by atoms with Gasteiger partial charge in [0.25, 0.3) is 0 Å². The van der Waals surface area contributed by atoms with Crippen molar-refractivity contribution < 1.29 is 9.90 Å². The maximum Gasteiger partial charge on any atom is 0.323 e. The van der Waals surface area contributed by atoms with E-state index < -0.39 is 11.5 Å². The maximum atomic E-state index is 11.9. The summed E-state index contributed by atoms with van der Waals surface area (Å²) in [6.07, 6.45) is 8.84. The van der Waals surface area contributed by atoms with E-state index in [-0.39, 0.29) is 6.04 Å². The van der Waals surface area contributed by atoms with Gasteiger partial charge in [0.1, 0.15) is 5.54 Å². The largest absolute Gasteiger partial charge is 0.480 e. The molecule has 2 fully saturated rings. The van der Waals surface area contributed by atoms with Gasteiger partial charge in [-0.2, -0.15) is 0 Å². The van der Waals surface area contributed by atoms with Crippen LogP contribution >= 0.6 is 0 Å². The SMILES string of the molecule is CC(C)NC1(C(=O)O)CCCC(N2CCCCCC2C)C1. The number of likely N-dealkylation sites (tertiary alicyclic amines) is 1. The fraction of sp³-hybridized carbons (Fsp3) is 0.941. The fourth-order valence-corrected chi connectivity index (χ4v) is 4.31. The molecule has 4 nitrogen and oxygen atoms in total. The van der Waals surface area contributed by atoms with Crippen LogP contribution in [0.25, 0.3) is 0 Å². The third-order valence-corrected chi connectivity index (χ3v) is 5.27. The second-order valence-corrected chi connectivity index (χ2v) is 7.37. The molecule has 1 heterocycles. The number of hydrogen-bond acceptors (Lipinski definition) is 3. The molecule has 0 aromatic carbocycles. The van der Waals surface area contributed by atoms with E-state index in [4.69, 9.17) is 0 Å².